The van der Waals surface area contributed by atoms with Gasteiger partial charge in [0.2, 0.25) is 0 Å². The van der Waals surface area contributed by atoms with Crippen molar-refractivity contribution >= 4 is 17.0 Å². The summed E-state index contributed by atoms with van der Waals surface area (Å²) in [5.41, 5.74) is 7.00. The number of hydrogen-bond acceptors (Lipinski definition) is 5. The fourth-order valence-electron chi connectivity index (χ4n) is 1.28. The molecule has 0 bridgehead atoms. The third-order valence-corrected chi connectivity index (χ3v) is 2.04. The van der Waals surface area contributed by atoms with Crippen molar-refractivity contribution in [2.45, 2.75) is 26.4 Å². The third-order valence-electron chi connectivity index (χ3n) is 2.04. The van der Waals surface area contributed by atoms with E-state index in [4.69, 9.17) is 5.73 Å². The zero-order valence-electron chi connectivity index (χ0n) is 8.78. The fraction of sp³-hybridized carbons (Fsp3) is 0.444. The first-order valence-electron chi connectivity index (χ1n) is 4.85. The highest BCUT2D eigenvalue weighted by atomic mass is 15.1. The van der Waals surface area contributed by atoms with Gasteiger partial charge >= 0.3 is 0 Å². The number of aromatic nitrogens is 4. The lowest BCUT2D eigenvalue weighted by atomic mass is 10.4. The van der Waals surface area contributed by atoms with Crippen molar-refractivity contribution in [3.05, 3.63) is 12.2 Å². The number of nitrogens with two attached hydrogens (primary N) is 1. The number of nitrogen functional groups attached to an aromatic ring is 1. The van der Waals surface area contributed by atoms with E-state index in [0.717, 1.165) is 5.82 Å². The molecule has 0 atom stereocenters. The summed E-state index contributed by atoms with van der Waals surface area (Å²) in [6.07, 6.45) is 1.41. The Morgan fingerprint density at radius 3 is 2.93 bits per heavy atom. The lowest BCUT2D eigenvalue weighted by Crippen LogP contribution is -2.22. The Kier molecular flexibility index (Phi) is 2.51. The van der Waals surface area contributed by atoms with Gasteiger partial charge in [-0.05, 0) is 0 Å². The van der Waals surface area contributed by atoms with E-state index in [2.05, 4.69) is 39.1 Å². The molecule has 80 valence electrons. The highest BCUT2D eigenvalue weighted by Crippen LogP contribution is 2.12. The van der Waals surface area contributed by atoms with Gasteiger partial charge in [-0.3, -0.25) is 0 Å². The van der Waals surface area contributed by atoms with Crippen LogP contribution >= 0.6 is 0 Å². The van der Waals surface area contributed by atoms with Crippen LogP contribution < -0.4 is 11.1 Å². The number of anilines is 1. The van der Waals surface area contributed by atoms with Crippen molar-refractivity contribution in [3.63, 3.8) is 0 Å². The summed E-state index contributed by atoms with van der Waals surface area (Å²) in [5, 5.41) is 3.26. The van der Waals surface area contributed by atoms with Crippen LogP contribution in [0.3, 0.4) is 0 Å². The molecule has 2 rings (SSSR count). The molecule has 0 saturated carbocycles. The van der Waals surface area contributed by atoms with Crippen LogP contribution in [0.4, 0.5) is 5.82 Å². The molecule has 6 nitrogen and oxygen atoms in total. The maximum absolute atomic E-state index is 5.68. The molecular formula is C9H14N6. The summed E-state index contributed by atoms with van der Waals surface area (Å²) in [4.78, 5) is 15.3. The van der Waals surface area contributed by atoms with E-state index < -0.39 is 0 Å². The van der Waals surface area contributed by atoms with Crippen molar-refractivity contribution in [2.75, 3.05) is 5.73 Å². The summed E-state index contributed by atoms with van der Waals surface area (Å²) in [6, 6.07) is 0.418. The van der Waals surface area contributed by atoms with Gasteiger partial charge < -0.3 is 16.0 Å². The number of imidazole rings is 1. The molecule has 0 saturated heterocycles. The van der Waals surface area contributed by atoms with Crippen molar-refractivity contribution in [3.8, 4) is 0 Å². The van der Waals surface area contributed by atoms with Gasteiger partial charge in [0.25, 0.3) is 0 Å². The Labute approximate surface area is 87.3 Å². The molecule has 2 aromatic heterocycles. The molecule has 6 heteroatoms. The topological polar surface area (TPSA) is 92.5 Å². The minimum Gasteiger partial charge on any atom is -0.382 e. The molecule has 0 radical (unpaired) electrons. The largest absolute Gasteiger partial charge is 0.382 e. The third kappa shape index (κ3) is 2.04. The van der Waals surface area contributed by atoms with E-state index in [1.165, 1.54) is 6.33 Å². The SMILES string of the molecule is CC(C)NCc1nc2ncnc(N)c2[nH]1. The normalized spacial score (nSPS) is 11.4. The Hall–Kier alpha value is -1.69. The van der Waals surface area contributed by atoms with E-state index >= 15 is 0 Å². The number of fused-ring (bicyclic) bond motifs is 1. The number of hydrogen-bond donors (Lipinski definition) is 3. The van der Waals surface area contributed by atoms with Crippen LogP contribution in [0.25, 0.3) is 11.2 Å². The molecule has 0 amide bonds. The highest BCUT2D eigenvalue weighted by molar-refractivity contribution is 5.80. The maximum atomic E-state index is 5.68. The number of rotatable bonds is 3. The summed E-state index contributed by atoms with van der Waals surface area (Å²) < 4.78 is 0. The second-order valence-electron chi connectivity index (χ2n) is 3.68. The first-order chi connectivity index (χ1) is 7.16. The number of aromatic amines is 1. The fourth-order valence-corrected chi connectivity index (χ4v) is 1.28. The Balaban J connectivity index is 2.27. The van der Waals surface area contributed by atoms with Gasteiger partial charge in [-0.25, -0.2) is 15.0 Å². The van der Waals surface area contributed by atoms with E-state index in [-0.39, 0.29) is 0 Å². The lowest BCUT2D eigenvalue weighted by molar-refractivity contribution is 0.576. The maximum Gasteiger partial charge on any atom is 0.183 e. The predicted molar refractivity (Wildman–Crippen MR) is 58.1 cm³/mol. The van der Waals surface area contributed by atoms with Gasteiger partial charge in [0.1, 0.15) is 17.7 Å². The zero-order valence-corrected chi connectivity index (χ0v) is 8.78. The van der Waals surface area contributed by atoms with Crippen LogP contribution in [0.5, 0.6) is 0 Å². The van der Waals surface area contributed by atoms with Crippen LogP contribution in [0.1, 0.15) is 19.7 Å². The quantitative estimate of drug-likeness (QED) is 0.677. The standard InChI is InChI=1S/C9H14N6/c1-5(2)11-3-6-14-7-8(10)12-4-13-9(7)15-6/h4-5,11H,3H2,1-2H3,(H3,10,12,13,14,15). The van der Waals surface area contributed by atoms with Gasteiger partial charge in [-0.15, -0.1) is 0 Å². The summed E-state index contributed by atoms with van der Waals surface area (Å²) in [7, 11) is 0. The van der Waals surface area contributed by atoms with E-state index in [1.54, 1.807) is 0 Å². The molecular weight excluding hydrogens is 192 g/mol. The van der Waals surface area contributed by atoms with Crippen molar-refractivity contribution in [1.29, 1.82) is 0 Å². The second kappa shape index (κ2) is 3.82. The van der Waals surface area contributed by atoms with Crippen LogP contribution in [0.2, 0.25) is 0 Å². The average Bonchev–Trinajstić information content (AvgIpc) is 2.59. The van der Waals surface area contributed by atoms with Gasteiger partial charge in [0.15, 0.2) is 11.5 Å². The first-order valence-corrected chi connectivity index (χ1v) is 4.85. The smallest absolute Gasteiger partial charge is 0.183 e. The van der Waals surface area contributed by atoms with E-state index in [0.29, 0.717) is 29.6 Å². The van der Waals surface area contributed by atoms with Crippen molar-refractivity contribution in [2.24, 2.45) is 0 Å². The predicted octanol–water partition coefficient (Wildman–Crippen LogP) is 0.433. The van der Waals surface area contributed by atoms with Crippen LogP contribution in [-0.4, -0.2) is 26.0 Å². The molecule has 2 heterocycles. The molecule has 0 aliphatic heterocycles. The number of nitrogens with zero attached hydrogens (tertiary/aromatic N) is 3. The number of H-pyrrole nitrogens is 1. The molecule has 0 spiro atoms. The first kappa shape index (κ1) is 9.85. The van der Waals surface area contributed by atoms with Gasteiger partial charge in [0, 0.05) is 6.04 Å². The van der Waals surface area contributed by atoms with Crippen molar-refractivity contribution in [1.82, 2.24) is 25.3 Å². The zero-order chi connectivity index (χ0) is 10.8. The van der Waals surface area contributed by atoms with Gasteiger partial charge in [-0.1, -0.05) is 13.8 Å². The Bertz CT molecular complexity index is 461. The lowest BCUT2D eigenvalue weighted by Gasteiger charge is -2.04. The minimum absolute atomic E-state index is 0.418. The van der Waals surface area contributed by atoms with Crippen LogP contribution in [-0.2, 0) is 6.54 Å². The van der Waals surface area contributed by atoms with Crippen LogP contribution in [0.15, 0.2) is 6.33 Å². The second-order valence-corrected chi connectivity index (χ2v) is 3.68. The average molecular weight is 206 g/mol. The van der Waals surface area contributed by atoms with E-state index in [9.17, 15) is 0 Å². The molecule has 2 aromatic rings. The molecule has 15 heavy (non-hydrogen) atoms. The summed E-state index contributed by atoms with van der Waals surface area (Å²) in [6.45, 7) is 4.83. The highest BCUT2D eigenvalue weighted by Gasteiger charge is 2.06. The Morgan fingerprint density at radius 1 is 1.47 bits per heavy atom. The molecule has 0 aromatic carbocycles. The molecule has 0 aliphatic carbocycles. The molecule has 0 fully saturated rings. The molecule has 0 unspecified atom stereocenters. The molecule has 0 aliphatic rings. The van der Waals surface area contributed by atoms with E-state index in [1.807, 2.05) is 0 Å². The van der Waals surface area contributed by atoms with Crippen LogP contribution in [0, 0.1) is 0 Å². The van der Waals surface area contributed by atoms with Gasteiger partial charge in [0.05, 0.1) is 6.54 Å². The summed E-state index contributed by atoms with van der Waals surface area (Å²) >= 11 is 0. The molecule has 4 N–H and O–H groups in total. The minimum atomic E-state index is 0.418. The summed E-state index contributed by atoms with van der Waals surface area (Å²) in [5.74, 6) is 1.26. The Morgan fingerprint density at radius 2 is 2.27 bits per heavy atom. The van der Waals surface area contributed by atoms with Gasteiger partial charge in [-0.2, -0.15) is 0 Å². The monoisotopic (exact) mass is 206 g/mol. The van der Waals surface area contributed by atoms with Crippen molar-refractivity contribution < 1.29 is 0 Å². The number of nitrogens with one attached hydrogen (secondary N) is 2.